The van der Waals surface area contributed by atoms with Crippen molar-refractivity contribution in [2.24, 2.45) is 0 Å². The first-order valence-electron chi connectivity index (χ1n) is 7.17. The molecule has 0 spiro atoms. The van der Waals surface area contributed by atoms with Crippen molar-refractivity contribution in [3.05, 3.63) is 46.8 Å². The van der Waals surface area contributed by atoms with Gasteiger partial charge in [-0.05, 0) is 38.6 Å². The Morgan fingerprint density at radius 3 is 3.00 bits per heavy atom. The lowest BCUT2D eigenvalue weighted by atomic mass is 10.0. The molecule has 1 atom stereocenters. The third-order valence-electron chi connectivity index (χ3n) is 4.08. The van der Waals surface area contributed by atoms with Gasteiger partial charge in [-0.2, -0.15) is 5.10 Å². The molecule has 0 radical (unpaired) electrons. The van der Waals surface area contributed by atoms with Gasteiger partial charge in [0.25, 0.3) is 0 Å². The molecule has 1 fully saturated rings. The molecule has 1 saturated heterocycles. The highest BCUT2D eigenvalue weighted by Gasteiger charge is 2.25. The Bertz CT molecular complexity index is 608. The van der Waals surface area contributed by atoms with E-state index in [2.05, 4.69) is 22.0 Å². The fourth-order valence-electron chi connectivity index (χ4n) is 2.89. The van der Waals surface area contributed by atoms with Crippen LogP contribution in [0.2, 0.25) is 5.02 Å². The highest BCUT2D eigenvalue weighted by molar-refractivity contribution is 6.31. The van der Waals surface area contributed by atoms with Crippen LogP contribution in [0.1, 0.15) is 36.7 Å². The van der Waals surface area contributed by atoms with Gasteiger partial charge in [-0.15, -0.1) is 0 Å². The van der Waals surface area contributed by atoms with Crippen LogP contribution in [-0.4, -0.2) is 33.3 Å². The third-order valence-corrected chi connectivity index (χ3v) is 4.44. The van der Waals surface area contributed by atoms with Crippen LogP contribution in [0.4, 0.5) is 4.39 Å². The smallest absolute Gasteiger partial charge is 0.144 e. The van der Waals surface area contributed by atoms with Crippen LogP contribution in [0, 0.1) is 5.82 Å². The Hall–Kier alpha value is -1.46. The Balaban J connectivity index is 1.89. The van der Waals surface area contributed by atoms with Crippen molar-refractivity contribution in [2.45, 2.75) is 31.8 Å². The summed E-state index contributed by atoms with van der Waals surface area (Å²) in [6.45, 7) is 1.36. The van der Waals surface area contributed by atoms with E-state index in [9.17, 15) is 4.39 Å². The average Bonchev–Trinajstić information content (AvgIpc) is 2.92. The summed E-state index contributed by atoms with van der Waals surface area (Å²) < 4.78 is 15.7. The van der Waals surface area contributed by atoms with Crippen molar-refractivity contribution in [1.82, 2.24) is 19.7 Å². The minimum atomic E-state index is -0.305. The van der Waals surface area contributed by atoms with Crippen LogP contribution in [0.3, 0.4) is 0 Å². The number of nitrogens with zero attached hydrogens (tertiary/aromatic N) is 4. The molecule has 1 aromatic heterocycles. The Morgan fingerprint density at radius 2 is 2.24 bits per heavy atom. The molecule has 2 aromatic rings. The van der Waals surface area contributed by atoms with Crippen LogP contribution in [0.15, 0.2) is 24.5 Å². The van der Waals surface area contributed by atoms with E-state index in [1.54, 1.807) is 16.8 Å². The molecule has 21 heavy (non-hydrogen) atoms. The van der Waals surface area contributed by atoms with Crippen molar-refractivity contribution >= 4 is 11.6 Å². The fourth-order valence-corrected chi connectivity index (χ4v) is 3.11. The van der Waals surface area contributed by atoms with Gasteiger partial charge in [-0.25, -0.2) is 14.1 Å². The molecule has 0 aliphatic carbocycles. The van der Waals surface area contributed by atoms with Crippen LogP contribution in [0.5, 0.6) is 0 Å². The van der Waals surface area contributed by atoms with Crippen LogP contribution >= 0.6 is 11.6 Å². The Kier molecular flexibility index (Phi) is 4.22. The van der Waals surface area contributed by atoms with Crippen molar-refractivity contribution < 1.29 is 4.39 Å². The lowest BCUT2D eigenvalue weighted by molar-refractivity contribution is 0.174. The minimum Gasteiger partial charge on any atom is -0.297 e. The summed E-state index contributed by atoms with van der Waals surface area (Å²) in [5.74, 6) is 0.581. The number of benzene rings is 1. The quantitative estimate of drug-likeness (QED) is 0.872. The fraction of sp³-hybridized carbons (Fsp3) is 0.467. The molecule has 0 amide bonds. The molecule has 4 nitrogen and oxygen atoms in total. The summed E-state index contributed by atoms with van der Waals surface area (Å²) in [7, 11) is 2.10. The first-order valence-corrected chi connectivity index (χ1v) is 7.55. The number of piperidine rings is 1. The van der Waals surface area contributed by atoms with Crippen LogP contribution in [0.25, 0.3) is 0 Å². The van der Waals surface area contributed by atoms with E-state index >= 15 is 0 Å². The number of halogens is 2. The minimum absolute atomic E-state index is 0.242. The molecule has 2 heterocycles. The van der Waals surface area contributed by atoms with Crippen LogP contribution < -0.4 is 0 Å². The standard InChI is InChI=1S/C15H18ClFN4/c1-20-8-3-2-7-14(20)15-18-10-19-21(15)9-11-12(16)5-4-6-13(11)17/h4-6,10,14H,2-3,7-9H2,1H3/t14-/m0/s1. The van der Waals surface area contributed by atoms with Gasteiger partial charge in [-0.1, -0.05) is 24.1 Å². The van der Waals surface area contributed by atoms with Gasteiger partial charge in [0.15, 0.2) is 0 Å². The van der Waals surface area contributed by atoms with Gasteiger partial charge in [0.2, 0.25) is 0 Å². The maximum atomic E-state index is 13.9. The second-order valence-corrected chi connectivity index (χ2v) is 5.88. The summed E-state index contributed by atoms with van der Waals surface area (Å²) in [5, 5.41) is 4.68. The molecule has 0 N–H and O–H groups in total. The van der Waals surface area contributed by atoms with Gasteiger partial charge < -0.3 is 0 Å². The average molecular weight is 309 g/mol. The highest BCUT2D eigenvalue weighted by Crippen LogP contribution is 2.29. The first-order chi connectivity index (χ1) is 10.2. The number of hydrogen-bond acceptors (Lipinski definition) is 3. The Morgan fingerprint density at radius 1 is 1.38 bits per heavy atom. The monoisotopic (exact) mass is 308 g/mol. The molecule has 1 aromatic carbocycles. The maximum Gasteiger partial charge on any atom is 0.144 e. The summed E-state index contributed by atoms with van der Waals surface area (Å²) in [5.41, 5.74) is 0.462. The van der Waals surface area contributed by atoms with Gasteiger partial charge in [0.1, 0.15) is 18.0 Å². The van der Waals surface area contributed by atoms with Crippen molar-refractivity contribution in [2.75, 3.05) is 13.6 Å². The Labute approximate surface area is 128 Å². The van der Waals surface area contributed by atoms with Crippen molar-refractivity contribution in [3.63, 3.8) is 0 Å². The molecular formula is C15H18ClFN4. The van der Waals surface area contributed by atoms with Gasteiger partial charge >= 0.3 is 0 Å². The molecule has 6 heteroatoms. The number of rotatable bonds is 3. The zero-order valence-corrected chi connectivity index (χ0v) is 12.7. The SMILES string of the molecule is CN1CCCC[C@H]1c1ncnn1Cc1c(F)cccc1Cl. The molecular weight excluding hydrogens is 291 g/mol. The van der Waals surface area contributed by atoms with E-state index in [0.717, 1.165) is 18.8 Å². The maximum absolute atomic E-state index is 13.9. The topological polar surface area (TPSA) is 34.0 Å². The van der Waals surface area contributed by atoms with E-state index in [4.69, 9.17) is 11.6 Å². The summed E-state index contributed by atoms with van der Waals surface area (Å²) >= 11 is 6.10. The number of likely N-dealkylation sites (tertiary alicyclic amines) is 1. The molecule has 3 rings (SSSR count). The van der Waals surface area contributed by atoms with E-state index in [-0.39, 0.29) is 11.9 Å². The second kappa shape index (κ2) is 6.12. The summed E-state index contributed by atoms with van der Waals surface area (Å²) in [6, 6.07) is 4.97. The lowest BCUT2D eigenvalue weighted by Gasteiger charge is -2.31. The predicted molar refractivity (Wildman–Crippen MR) is 79.8 cm³/mol. The second-order valence-electron chi connectivity index (χ2n) is 5.47. The van der Waals surface area contributed by atoms with Crippen LogP contribution in [-0.2, 0) is 6.54 Å². The molecule has 1 aliphatic rings. The zero-order valence-electron chi connectivity index (χ0n) is 12.0. The summed E-state index contributed by atoms with van der Waals surface area (Å²) in [4.78, 5) is 6.68. The lowest BCUT2D eigenvalue weighted by Crippen LogP contribution is -2.32. The van der Waals surface area contributed by atoms with E-state index < -0.39 is 0 Å². The highest BCUT2D eigenvalue weighted by atomic mass is 35.5. The summed E-state index contributed by atoms with van der Waals surface area (Å²) in [6.07, 6.45) is 4.98. The molecule has 112 valence electrons. The van der Waals surface area contributed by atoms with E-state index in [1.165, 1.54) is 25.2 Å². The largest absolute Gasteiger partial charge is 0.297 e. The predicted octanol–water partition coefficient (Wildman–Crippen LogP) is 3.28. The molecule has 1 aliphatic heterocycles. The van der Waals surface area contributed by atoms with Gasteiger partial charge in [0, 0.05) is 10.6 Å². The van der Waals surface area contributed by atoms with E-state index in [1.807, 2.05) is 0 Å². The molecule has 0 bridgehead atoms. The van der Waals surface area contributed by atoms with Gasteiger partial charge in [0.05, 0.1) is 12.6 Å². The number of aromatic nitrogens is 3. The molecule has 0 unspecified atom stereocenters. The molecule has 0 saturated carbocycles. The normalized spacial score (nSPS) is 19.9. The third kappa shape index (κ3) is 2.94. The van der Waals surface area contributed by atoms with Crippen molar-refractivity contribution in [3.8, 4) is 0 Å². The first kappa shape index (κ1) is 14.5. The van der Waals surface area contributed by atoms with E-state index in [0.29, 0.717) is 17.1 Å². The van der Waals surface area contributed by atoms with Gasteiger partial charge in [-0.3, -0.25) is 4.90 Å². The van der Waals surface area contributed by atoms with Crippen molar-refractivity contribution in [1.29, 1.82) is 0 Å². The number of hydrogen-bond donors (Lipinski definition) is 0. The zero-order chi connectivity index (χ0) is 14.8.